The minimum atomic E-state index is -0.516. The normalized spacial score (nSPS) is 15.9. The van der Waals surface area contributed by atoms with Crippen LogP contribution < -0.4 is 10.6 Å². The molecule has 0 bridgehead atoms. The Morgan fingerprint density at radius 2 is 1.74 bits per heavy atom. The zero-order valence-electron chi connectivity index (χ0n) is 16.7. The summed E-state index contributed by atoms with van der Waals surface area (Å²) in [5.74, 6) is -0.0620. The fraction of sp³-hybridized carbons (Fsp3) is 0.619. The van der Waals surface area contributed by atoms with E-state index in [4.69, 9.17) is 9.47 Å². The van der Waals surface area contributed by atoms with Gasteiger partial charge in [-0.15, -0.1) is 0 Å². The first kappa shape index (κ1) is 21.2. The number of amides is 2. The lowest BCUT2D eigenvalue weighted by molar-refractivity contribution is 0.0523. The molecular formula is C21H32N2O4. The van der Waals surface area contributed by atoms with Gasteiger partial charge in [-0.25, -0.2) is 4.79 Å². The van der Waals surface area contributed by atoms with Gasteiger partial charge in [0.2, 0.25) is 0 Å². The van der Waals surface area contributed by atoms with Crippen molar-refractivity contribution < 1.29 is 19.1 Å². The summed E-state index contributed by atoms with van der Waals surface area (Å²) in [5.41, 5.74) is 1.02. The molecular weight excluding hydrogens is 344 g/mol. The molecule has 1 saturated heterocycles. The molecule has 0 aliphatic carbocycles. The molecule has 1 fully saturated rings. The van der Waals surface area contributed by atoms with Gasteiger partial charge in [-0.1, -0.05) is 31.4 Å². The Hall–Kier alpha value is -2.08. The molecule has 1 unspecified atom stereocenters. The largest absolute Gasteiger partial charge is 0.444 e. The van der Waals surface area contributed by atoms with Gasteiger partial charge in [-0.2, -0.15) is 0 Å². The van der Waals surface area contributed by atoms with Crippen LogP contribution in [0.25, 0.3) is 0 Å². The Kier molecular flexibility index (Phi) is 8.10. The van der Waals surface area contributed by atoms with E-state index in [1.807, 2.05) is 32.9 Å². The van der Waals surface area contributed by atoms with Crippen LogP contribution in [0.2, 0.25) is 0 Å². The second-order valence-electron chi connectivity index (χ2n) is 7.97. The van der Waals surface area contributed by atoms with E-state index < -0.39 is 11.7 Å². The second kappa shape index (κ2) is 10.3. The molecule has 1 aromatic carbocycles. The highest BCUT2D eigenvalue weighted by Gasteiger charge is 2.20. The highest BCUT2D eigenvalue weighted by molar-refractivity contribution is 5.94. The van der Waals surface area contributed by atoms with E-state index in [9.17, 15) is 9.59 Å². The van der Waals surface area contributed by atoms with Gasteiger partial charge in [-0.05, 0) is 51.3 Å². The second-order valence-corrected chi connectivity index (χ2v) is 7.97. The fourth-order valence-corrected chi connectivity index (χ4v) is 2.65. The number of epoxide rings is 1. The van der Waals surface area contributed by atoms with Gasteiger partial charge in [0.1, 0.15) is 5.60 Å². The van der Waals surface area contributed by atoms with Crippen LogP contribution in [0.5, 0.6) is 0 Å². The van der Waals surface area contributed by atoms with E-state index in [0.29, 0.717) is 24.8 Å². The van der Waals surface area contributed by atoms with Crippen LogP contribution in [0.4, 0.5) is 4.79 Å². The third kappa shape index (κ3) is 9.43. The number of ether oxygens (including phenoxy) is 2. The van der Waals surface area contributed by atoms with Crippen molar-refractivity contribution in [2.45, 2.75) is 71.1 Å². The van der Waals surface area contributed by atoms with Crippen molar-refractivity contribution in [3.8, 4) is 0 Å². The Balaban J connectivity index is 1.60. The van der Waals surface area contributed by atoms with E-state index in [2.05, 4.69) is 10.6 Å². The molecule has 150 valence electrons. The summed E-state index contributed by atoms with van der Waals surface area (Å²) in [6, 6.07) is 7.23. The Morgan fingerprint density at radius 3 is 2.37 bits per heavy atom. The molecule has 1 aromatic rings. The van der Waals surface area contributed by atoms with Crippen molar-refractivity contribution in [2.75, 3.05) is 13.2 Å². The lowest BCUT2D eigenvalue weighted by Gasteiger charge is -2.19. The first-order valence-corrected chi connectivity index (χ1v) is 9.79. The van der Waals surface area contributed by atoms with Crippen molar-refractivity contribution in [1.82, 2.24) is 10.6 Å². The quantitative estimate of drug-likeness (QED) is 0.481. The first-order valence-electron chi connectivity index (χ1n) is 9.79. The SMILES string of the molecule is CC(C)(C)OC(=O)NCc1ccc(C(=O)NCCCCCCC2CO2)cc1. The van der Waals surface area contributed by atoms with Gasteiger partial charge in [0, 0.05) is 18.7 Å². The smallest absolute Gasteiger partial charge is 0.407 e. The van der Waals surface area contributed by atoms with E-state index in [1.165, 1.54) is 19.3 Å². The molecule has 0 saturated carbocycles. The number of unbranched alkanes of at least 4 members (excludes halogenated alkanes) is 3. The third-order valence-corrected chi connectivity index (χ3v) is 4.19. The van der Waals surface area contributed by atoms with Gasteiger partial charge in [-0.3, -0.25) is 4.79 Å². The average molecular weight is 376 g/mol. The molecule has 2 amide bonds. The predicted octanol–water partition coefficient (Wildman–Crippen LogP) is 3.79. The summed E-state index contributed by atoms with van der Waals surface area (Å²) in [5, 5.41) is 5.66. The molecule has 1 aliphatic rings. The van der Waals surface area contributed by atoms with Crippen LogP contribution in [0, 0.1) is 0 Å². The van der Waals surface area contributed by atoms with Crippen LogP contribution in [0.1, 0.15) is 68.8 Å². The molecule has 2 rings (SSSR count). The zero-order chi connectivity index (χ0) is 19.7. The van der Waals surface area contributed by atoms with E-state index >= 15 is 0 Å². The van der Waals surface area contributed by atoms with Crippen molar-refractivity contribution in [3.05, 3.63) is 35.4 Å². The number of benzene rings is 1. The molecule has 0 aromatic heterocycles. The maximum atomic E-state index is 12.1. The van der Waals surface area contributed by atoms with Gasteiger partial charge in [0.05, 0.1) is 12.7 Å². The maximum Gasteiger partial charge on any atom is 0.407 e. The first-order chi connectivity index (χ1) is 12.8. The highest BCUT2D eigenvalue weighted by atomic mass is 16.6. The van der Waals surface area contributed by atoms with Crippen LogP contribution in [0.15, 0.2) is 24.3 Å². The summed E-state index contributed by atoms with van der Waals surface area (Å²) in [6.07, 6.45) is 5.76. The molecule has 2 N–H and O–H groups in total. The van der Waals surface area contributed by atoms with E-state index in [-0.39, 0.29) is 5.91 Å². The summed E-state index contributed by atoms with van der Waals surface area (Å²) in [7, 11) is 0. The molecule has 1 aliphatic heterocycles. The van der Waals surface area contributed by atoms with Crippen molar-refractivity contribution in [3.63, 3.8) is 0 Å². The van der Waals surface area contributed by atoms with Crippen molar-refractivity contribution in [2.24, 2.45) is 0 Å². The molecule has 6 nitrogen and oxygen atoms in total. The van der Waals surface area contributed by atoms with Gasteiger partial charge >= 0.3 is 6.09 Å². The summed E-state index contributed by atoms with van der Waals surface area (Å²) in [4.78, 5) is 23.8. The molecule has 0 radical (unpaired) electrons. The number of nitrogens with one attached hydrogen (secondary N) is 2. The number of carbonyl (C=O) groups is 2. The molecule has 1 atom stereocenters. The van der Waals surface area contributed by atoms with E-state index in [0.717, 1.165) is 25.0 Å². The zero-order valence-corrected chi connectivity index (χ0v) is 16.7. The Morgan fingerprint density at radius 1 is 1.07 bits per heavy atom. The Labute approximate surface area is 162 Å². The number of rotatable bonds is 10. The van der Waals surface area contributed by atoms with Crippen molar-refractivity contribution in [1.29, 1.82) is 0 Å². The number of hydrogen-bond acceptors (Lipinski definition) is 4. The lowest BCUT2D eigenvalue weighted by Crippen LogP contribution is -2.32. The summed E-state index contributed by atoms with van der Waals surface area (Å²) in [6.45, 7) is 7.46. The Bertz CT molecular complexity index is 604. The van der Waals surface area contributed by atoms with Crippen LogP contribution in [-0.2, 0) is 16.0 Å². The maximum absolute atomic E-state index is 12.1. The monoisotopic (exact) mass is 376 g/mol. The lowest BCUT2D eigenvalue weighted by atomic mass is 10.1. The summed E-state index contributed by atoms with van der Waals surface area (Å²) >= 11 is 0. The number of alkyl carbamates (subject to hydrolysis) is 1. The molecule has 1 heterocycles. The third-order valence-electron chi connectivity index (χ3n) is 4.19. The molecule has 27 heavy (non-hydrogen) atoms. The topological polar surface area (TPSA) is 80.0 Å². The summed E-state index contributed by atoms with van der Waals surface area (Å²) < 4.78 is 10.4. The van der Waals surface area contributed by atoms with Gasteiger partial charge in [0.15, 0.2) is 0 Å². The van der Waals surface area contributed by atoms with Crippen LogP contribution >= 0.6 is 0 Å². The molecule has 6 heteroatoms. The predicted molar refractivity (Wildman–Crippen MR) is 105 cm³/mol. The number of carbonyl (C=O) groups excluding carboxylic acids is 2. The molecule has 0 spiro atoms. The van der Waals surface area contributed by atoms with E-state index in [1.54, 1.807) is 12.1 Å². The number of hydrogen-bond donors (Lipinski definition) is 2. The minimum Gasteiger partial charge on any atom is -0.444 e. The van der Waals surface area contributed by atoms with Crippen molar-refractivity contribution >= 4 is 12.0 Å². The average Bonchev–Trinajstić information content (AvgIpc) is 3.42. The van der Waals surface area contributed by atoms with Crippen LogP contribution in [0.3, 0.4) is 0 Å². The van der Waals surface area contributed by atoms with Crippen LogP contribution in [-0.4, -0.2) is 36.9 Å². The minimum absolute atomic E-state index is 0.0620. The fourth-order valence-electron chi connectivity index (χ4n) is 2.65. The van der Waals surface area contributed by atoms with Gasteiger partial charge < -0.3 is 20.1 Å². The highest BCUT2D eigenvalue weighted by Crippen LogP contribution is 2.17. The standard InChI is InChI=1S/C21H32N2O4/c1-21(2,3)27-20(25)23-14-16-9-11-17(12-10-16)19(24)22-13-7-5-4-6-8-18-15-26-18/h9-12,18H,4-8,13-15H2,1-3H3,(H,22,24)(H,23,25). The van der Waals surface area contributed by atoms with Gasteiger partial charge in [0.25, 0.3) is 5.91 Å².